The van der Waals surface area contributed by atoms with Gasteiger partial charge in [-0.3, -0.25) is 4.79 Å². The van der Waals surface area contributed by atoms with Crippen LogP contribution < -0.4 is 5.32 Å². The average molecular weight is 246 g/mol. The molecule has 0 saturated heterocycles. The number of aliphatic carboxylic acids is 1. The van der Waals surface area contributed by atoms with Crippen LogP contribution in [0.3, 0.4) is 0 Å². The van der Waals surface area contributed by atoms with E-state index >= 15 is 0 Å². The van der Waals surface area contributed by atoms with Crippen LogP contribution in [0, 0.1) is 5.92 Å². The molecule has 0 radical (unpaired) electrons. The number of carboxylic acid groups (broad SMARTS) is 1. The van der Waals surface area contributed by atoms with Gasteiger partial charge in [0.2, 0.25) is 0 Å². The van der Waals surface area contributed by atoms with Crippen molar-refractivity contribution in [3.8, 4) is 0 Å². The van der Waals surface area contributed by atoms with Crippen molar-refractivity contribution in [1.82, 2.24) is 4.57 Å². The molecule has 0 aliphatic heterocycles. The quantitative estimate of drug-likeness (QED) is 0.852. The number of aryl methyl sites for hydroxylation is 1. The zero-order valence-electron chi connectivity index (χ0n) is 10.7. The lowest BCUT2D eigenvalue weighted by atomic mass is 10.1. The predicted molar refractivity (Wildman–Crippen MR) is 72.8 cm³/mol. The minimum atomic E-state index is -0.745. The number of nitrogens with zero attached hydrogens (tertiary/aromatic N) is 1. The topological polar surface area (TPSA) is 54.3 Å². The van der Waals surface area contributed by atoms with Gasteiger partial charge in [0.15, 0.2) is 0 Å². The zero-order valence-corrected chi connectivity index (χ0v) is 10.7. The van der Waals surface area contributed by atoms with Crippen LogP contribution in [-0.4, -0.2) is 22.2 Å². The van der Waals surface area contributed by atoms with Gasteiger partial charge >= 0.3 is 5.97 Å². The first kappa shape index (κ1) is 12.5. The Labute approximate surface area is 106 Å². The van der Waals surface area contributed by atoms with E-state index in [4.69, 9.17) is 5.11 Å². The highest BCUT2D eigenvalue weighted by atomic mass is 16.4. The lowest BCUT2D eigenvalue weighted by molar-refractivity contribution is -0.141. The fourth-order valence-corrected chi connectivity index (χ4v) is 2.12. The number of para-hydroxylation sites is 1. The fourth-order valence-electron chi connectivity index (χ4n) is 2.12. The van der Waals surface area contributed by atoms with Crippen molar-refractivity contribution in [1.29, 1.82) is 0 Å². The summed E-state index contributed by atoms with van der Waals surface area (Å²) in [5.74, 6) is -1.09. The second kappa shape index (κ2) is 5.12. The lowest BCUT2D eigenvalue weighted by Gasteiger charge is -2.11. The molecular formula is C14H18N2O2. The molecule has 0 bridgehead atoms. The highest BCUT2D eigenvalue weighted by Gasteiger charge is 2.15. The maximum absolute atomic E-state index is 11.0. The molecule has 2 N–H and O–H groups in total. The number of hydrogen-bond acceptors (Lipinski definition) is 2. The summed E-state index contributed by atoms with van der Waals surface area (Å²) < 4.78 is 2.04. The average Bonchev–Trinajstić information content (AvgIpc) is 2.68. The van der Waals surface area contributed by atoms with Gasteiger partial charge < -0.3 is 15.0 Å². The third-order valence-corrected chi connectivity index (χ3v) is 3.28. The number of carboxylic acids is 1. The Kier molecular flexibility index (Phi) is 3.55. The second-order valence-electron chi connectivity index (χ2n) is 4.50. The highest BCUT2D eigenvalue weighted by Crippen LogP contribution is 2.25. The first-order valence-corrected chi connectivity index (χ1v) is 6.14. The van der Waals surface area contributed by atoms with Gasteiger partial charge in [-0.15, -0.1) is 0 Å². The first-order valence-electron chi connectivity index (χ1n) is 6.14. The minimum absolute atomic E-state index is 0.344. The summed E-state index contributed by atoms with van der Waals surface area (Å²) >= 11 is 0. The van der Waals surface area contributed by atoms with Crippen molar-refractivity contribution in [2.24, 2.45) is 13.0 Å². The maximum atomic E-state index is 11.0. The molecular weight excluding hydrogens is 228 g/mol. The molecule has 1 heterocycles. The molecule has 4 heteroatoms. The Morgan fingerprint density at radius 2 is 2.17 bits per heavy atom. The standard InChI is InChI=1S/C14H18N2O2/c1-3-10(14(17)18)8-15-12-9-16(2)13-7-5-4-6-11(12)13/h4-7,9-10,15H,3,8H2,1-2H3,(H,17,18). The van der Waals surface area contributed by atoms with Gasteiger partial charge in [0.05, 0.1) is 11.6 Å². The maximum Gasteiger partial charge on any atom is 0.308 e. The number of benzene rings is 1. The van der Waals surface area contributed by atoms with Gasteiger partial charge in [-0.25, -0.2) is 0 Å². The molecule has 0 saturated carbocycles. The van der Waals surface area contributed by atoms with Crippen LogP contribution in [0.1, 0.15) is 13.3 Å². The normalized spacial score (nSPS) is 12.6. The number of hydrogen-bond donors (Lipinski definition) is 2. The van der Waals surface area contributed by atoms with Gasteiger partial charge in [0.25, 0.3) is 0 Å². The molecule has 1 aromatic heterocycles. The Bertz CT molecular complexity index is 560. The smallest absolute Gasteiger partial charge is 0.308 e. The number of nitrogens with one attached hydrogen (secondary N) is 1. The molecule has 0 spiro atoms. The molecule has 96 valence electrons. The van der Waals surface area contributed by atoms with Crippen LogP contribution >= 0.6 is 0 Å². The van der Waals surface area contributed by atoms with Crippen LogP contribution in [0.5, 0.6) is 0 Å². The van der Waals surface area contributed by atoms with Crippen molar-refractivity contribution < 1.29 is 9.90 Å². The largest absolute Gasteiger partial charge is 0.481 e. The van der Waals surface area contributed by atoms with Crippen LogP contribution in [0.15, 0.2) is 30.5 Å². The molecule has 0 aliphatic carbocycles. The molecule has 2 aromatic rings. The summed E-state index contributed by atoms with van der Waals surface area (Å²) in [6, 6.07) is 8.08. The van der Waals surface area contributed by atoms with E-state index in [2.05, 4.69) is 11.4 Å². The van der Waals surface area contributed by atoms with Gasteiger partial charge in [-0.2, -0.15) is 0 Å². The Balaban J connectivity index is 2.19. The third-order valence-electron chi connectivity index (χ3n) is 3.28. The van der Waals surface area contributed by atoms with Crippen LogP contribution in [0.25, 0.3) is 10.9 Å². The summed E-state index contributed by atoms with van der Waals surface area (Å²) in [6.07, 6.45) is 2.63. The Morgan fingerprint density at radius 3 is 2.83 bits per heavy atom. The van der Waals surface area contributed by atoms with Gasteiger partial charge in [0.1, 0.15) is 0 Å². The van der Waals surface area contributed by atoms with Crippen LogP contribution in [0.2, 0.25) is 0 Å². The van der Waals surface area contributed by atoms with E-state index in [0.29, 0.717) is 13.0 Å². The van der Waals surface area contributed by atoms with E-state index < -0.39 is 5.97 Å². The lowest BCUT2D eigenvalue weighted by Crippen LogP contribution is -2.21. The van der Waals surface area contributed by atoms with E-state index in [-0.39, 0.29) is 5.92 Å². The molecule has 0 aliphatic rings. The molecule has 1 unspecified atom stereocenters. The number of rotatable bonds is 5. The van der Waals surface area contributed by atoms with E-state index in [0.717, 1.165) is 16.6 Å². The van der Waals surface area contributed by atoms with Crippen molar-refractivity contribution in [3.63, 3.8) is 0 Å². The summed E-state index contributed by atoms with van der Waals surface area (Å²) in [5.41, 5.74) is 2.14. The Hall–Kier alpha value is -1.97. The van der Waals surface area contributed by atoms with Crippen molar-refractivity contribution >= 4 is 22.6 Å². The van der Waals surface area contributed by atoms with Gasteiger partial charge in [-0.1, -0.05) is 25.1 Å². The first-order chi connectivity index (χ1) is 8.63. The van der Waals surface area contributed by atoms with Crippen LogP contribution in [0.4, 0.5) is 5.69 Å². The molecule has 4 nitrogen and oxygen atoms in total. The molecule has 0 amide bonds. The van der Waals surface area contributed by atoms with Gasteiger partial charge in [-0.05, 0) is 12.5 Å². The van der Waals surface area contributed by atoms with Crippen molar-refractivity contribution in [2.45, 2.75) is 13.3 Å². The molecule has 18 heavy (non-hydrogen) atoms. The summed E-state index contributed by atoms with van der Waals surface area (Å²) in [4.78, 5) is 11.0. The number of fused-ring (bicyclic) bond motifs is 1. The summed E-state index contributed by atoms with van der Waals surface area (Å²) in [7, 11) is 1.99. The van der Waals surface area contributed by atoms with E-state index in [1.54, 1.807) is 0 Å². The van der Waals surface area contributed by atoms with Crippen molar-refractivity contribution in [3.05, 3.63) is 30.5 Å². The minimum Gasteiger partial charge on any atom is -0.481 e. The van der Waals surface area contributed by atoms with E-state index in [9.17, 15) is 4.79 Å². The summed E-state index contributed by atoms with van der Waals surface area (Å²) in [6.45, 7) is 2.35. The third kappa shape index (κ3) is 2.32. The monoisotopic (exact) mass is 246 g/mol. The highest BCUT2D eigenvalue weighted by molar-refractivity contribution is 5.93. The number of aromatic nitrogens is 1. The number of carbonyl (C=O) groups is 1. The van der Waals surface area contributed by atoms with Crippen LogP contribution in [-0.2, 0) is 11.8 Å². The SMILES string of the molecule is CCC(CNc1cn(C)c2ccccc12)C(=O)O. The predicted octanol–water partition coefficient (Wildman–Crippen LogP) is 2.70. The van der Waals surface area contributed by atoms with E-state index in [1.807, 2.05) is 42.9 Å². The number of anilines is 1. The molecule has 0 fully saturated rings. The summed E-state index contributed by atoms with van der Waals surface area (Å²) in [5, 5.41) is 13.4. The Morgan fingerprint density at radius 1 is 1.44 bits per heavy atom. The fraction of sp³-hybridized carbons (Fsp3) is 0.357. The molecule has 1 aromatic carbocycles. The second-order valence-corrected chi connectivity index (χ2v) is 4.50. The van der Waals surface area contributed by atoms with Gasteiger partial charge in [0, 0.05) is 30.7 Å². The van der Waals surface area contributed by atoms with E-state index in [1.165, 1.54) is 0 Å². The molecule has 2 rings (SSSR count). The van der Waals surface area contributed by atoms with Crippen molar-refractivity contribution in [2.75, 3.05) is 11.9 Å². The molecule has 1 atom stereocenters. The zero-order chi connectivity index (χ0) is 13.1.